The highest BCUT2D eigenvalue weighted by Gasteiger charge is 2.42. The van der Waals surface area contributed by atoms with Crippen LogP contribution in [0.3, 0.4) is 0 Å². The lowest BCUT2D eigenvalue weighted by molar-refractivity contribution is -0.132. The van der Waals surface area contributed by atoms with Gasteiger partial charge in [-0.05, 0) is 13.3 Å². The maximum atomic E-state index is 13.7. The molecule has 4 amide bonds. The van der Waals surface area contributed by atoms with E-state index in [-0.39, 0.29) is 24.5 Å². The van der Waals surface area contributed by atoms with E-state index in [2.05, 4.69) is 10.6 Å². The van der Waals surface area contributed by atoms with E-state index in [1.54, 1.807) is 11.8 Å². The fraction of sp³-hybridized carbons (Fsp3) is 0.500. The number of methoxy groups -OCH3 is 1. The van der Waals surface area contributed by atoms with Crippen LogP contribution in [0.1, 0.15) is 19.8 Å². The van der Waals surface area contributed by atoms with Gasteiger partial charge in [0.05, 0.1) is 7.11 Å². The summed E-state index contributed by atoms with van der Waals surface area (Å²) in [5.74, 6) is -2.76. The smallest absolute Gasteiger partial charge is 0.322 e. The van der Waals surface area contributed by atoms with Crippen LogP contribution in [-0.2, 0) is 9.59 Å². The zero-order valence-electron chi connectivity index (χ0n) is 15.7. The molecule has 0 radical (unpaired) electrons. The molecule has 1 aromatic rings. The fourth-order valence-electron chi connectivity index (χ4n) is 3.37. The number of ether oxygens (including phenoxy) is 1. The molecule has 0 aliphatic carbocycles. The Balaban J connectivity index is 1.55. The number of nitrogens with zero attached hydrogens (tertiary/aromatic N) is 2. The van der Waals surface area contributed by atoms with Crippen LogP contribution >= 0.6 is 0 Å². The number of nitrogens with one attached hydrogen (secondary N) is 2. The number of halogens is 2. The molecular formula is C18H22F2N4O4. The van der Waals surface area contributed by atoms with Crippen LogP contribution in [0.4, 0.5) is 19.3 Å². The number of anilines is 1. The van der Waals surface area contributed by atoms with E-state index in [0.29, 0.717) is 31.9 Å². The van der Waals surface area contributed by atoms with E-state index in [0.717, 1.165) is 6.07 Å². The number of amides is 4. The monoisotopic (exact) mass is 396 g/mol. The second-order valence-electron chi connectivity index (χ2n) is 7.05. The van der Waals surface area contributed by atoms with Crippen molar-refractivity contribution in [2.24, 2.45) is 0 Å². The molecule has 1 unspecified atom stereocenters. The third-order valence-corrected chi connectivity index (χ3v) is 5.15. The summed E-state index contributed by atoms with van der Waals surface area (Å²) in [6, 6.07) is 1.98. The minimum Gasteiger partial charge on any atom is -0.493 e. The van der Waals surface area contributed by atoms with Gasteiger partial charge in [-0.15, -0.1) is 0 Å². The SMILES string of the molecule is COc1cc(N2CCN(C(=O)CCC3(C)NC(=O)NC3=O)CC2)cc(F)c1F. The summed E-state index contributed by atoms with van der Waals surface area (Å²) >= 11 is 0. The van der Waals surface area contributed by atoms with Crippen molar-refractivity contribution < 1.29 is 27.9 Å². The van der Waals surface area contributed by atoms with Crippen molar-refractivity contribution >= 4 is 23.5 Å². The first kappa shape index (κ1) is 19.8. The molecule has 0 saturated carbocycles. The number of imide groups is 1. The molecular weight excluding hydrogens is 374 g/mol. The number of piperazine rings is 1. The van der Waals surface area contributed by atoms with Crippen LogP contribution in [-0.4, -0.2) is 61.6 Å². The molecule has 2 fully saturated rings. The van der Waals surface area contributed by atoms with Gasteiger partial charge in [0.15, 0.2) is 11.6 Å². The summed E-state index contributed by atoms with van der Waals surface area (Å²) in [6.07, 6.45) is 0.313. The Morgan fingerprint density at radius 2 is 1.89 bits per heavy atom. The largest absolute Gasteiger partial charge is 0.493 e. The first-order chi connectivity index (χ1) is 13.2. The highest BCUT2D eigenvalue weighted by atomic mass is 19.2. The van der Waals surface area contributed by atoms with Crippen molar-refractivity contribution in [3.05, 3.63) is 23.8 Å². The second kappa shape index (κ2) is 7.61. The van der Waals surface area contributed by atoms with Gasteiger partial charge in [-0.3, -0.25) is 14.9 Å². The van der Waals surface area contributed by atoms with Crippen LogP contribution in [0.5, 0.6) is 5.75 Å². The van der Waals surface area contributed by atoms with Crippen LogP contribution in [0.25, 0.3) is 0 Å². The normalized spacial score (nSPS) is 22.1. The van der Waals surface area contributed by atoms with Crippen molar-refractivity contribution in [2.75, 3.05) is 38.2 Å². The lowest BCUT2D eigenvalue weighted by Gasteiger charge is -2.36. The minimum absolute atomic E-state index is 0.114. The maximum Gasteiger partial charge on any atom is 0.322 e. The summed E-state index contributed by atoms with van der Waals surface area (Å²) in [5, 5.41) is 4.70. The van der Waals surface area contributed by atoms with Crippen LogP contribution < -0.4 is 20.3 Å². The third-order valence-electron chi connectivity index (χ3n) is 5.15. The zero-order chi connectivity index (χ0) is 20.5. The van der Waals surface area contributed by atoms with Crippen molar-refractivity contribution in [1.29, 1.82) is 0 Å². The van der Waals surface area contributed by atoms with Gasteiger partial charge in [-0.25, -0.2) is 9.18 Å². The van der Waals surface area contributed by atoms with E-state index < -0.39 is 29.1 Å². The quantitative estimate of drug-likeness (QED) is 0.725. The summed E-state index contributed by atoms with van der Waals surface area (Å²) in [7, 11) is 1.27. The summed E-state index contributed by atoms with van der Waals surface area (Å²) in [5.41, 5.74) is -0.600. The molecule has 1 aromatic carbocycles. The Kier molecular flexibility index (Phi) is 5.39. The molecule has 1 atom stereocenters. The average molecular weight is 396 g/mol. The Bertz CT molecular complexity index is 811. The fourth-order valence-corrected chi connectivity index (χ4v) is 3.37. The van der Waals surface area contributed by atoms with Crippen molar-refractivity contribution in [3.8, 4) is 5.75 Å². The number of benzene rings is 1. The lowest BCUT2D eigenvalue weighted by Crippen LogP contribution is -2.50. The molecule has 0 aromatic heterocycles. The van der Waals surface area contributed by atoms with Crippen LogP contribution in [0.2, 0.25) is 0 Å². The van der Waals surface area contributed by atoms with E-state index >= 15 is 0 Å². The summed E-state index contributed by atoms with van der Waals surface area (Å²) in [4.78, 5) is 39.0. The number of carbonyl (C=O) groups excluding carboxylic acids is 3. The first-order valence-corrected chi connectivity index (χ1v) is 8.93. The number of carbonyl (C=O) groups is 3. The first-order valence-electron chi connectivity index (χ1n) is 8.93. The van der Waals surface area contributed by atoms with Gasteiger partial charge in [-0.2, -0.15) is 4.39 Å². The zero-order valence-corrected chi connectivity index (χ0v) is 15.7. The van der Waals surface area contributed by atoms with E-state index in [9.17, 15) is 23.2 Å². The van der Waals surface area contributed by atoms with Crippen molar-refractivity contribution in [2.45, 2.75) is 25.3 Å². The van der Waals surface area contributed by atoms with Crippen LogP contribution in [0, 0.1) is 11.6 Å². The Morgan fingerprint density at radius 3 is 2.46 bits per heavy atom. The van der Waals surface area contributed by atoms with Gasteiger partial charge in [-0.1, -0.05) is 0 Å². The third kappa shape index (κ3) is 3.85. The van der Waals surface area contributed by atoms with Gasteiger partial charge in [0, 0.05) is 50.4 Å². The highest BCUT2D eigenvalue weighted by Crippen LogP contribution is 2.28. The minimum atomic E-state index is -1.09. The van der Waals surface area contributed by atoms with E-state index in [4.69, 9.17) is 4.74 Å². The molecule has 10 heteroatoms. The van der Waals surface area contributed by atoms with Crippen LogP contribution in [0.15, 0.2) is 12.1 Å². The summed E-state index contributed by atoms with van der Waals surface area (Å²) in [6.45, 7) is 3.31. The maximum absolute atomic E-state index is 13.7. The lowest BCUT2D eigenvalue weighted by atomic mass is 9.96. The molecule has 0 bridgehead atoms. The number of hydrogen-bond acceptors (Lipinski definition) is 5. The summed E-state index contributed by atoms with van der Waals surface area (Å²) < 4.78 is 32.2. The molecule has 8 nitrogen and oxygen atoms in total. The predicted octanol–water partition coefficient (Wildman–Crippen LogP) is 1.00. The standard InChI is InChI=1S/C18H22F2N4O4/c1-18(16(26)21-17(27)22-18)4-3-14(25)24-7-5-23(6-8-24)11-9-12(19)15(20)13(10-11)28-2/h9-10H,3-8H2,1-2H3,(H2,21,22,26,27). The molecule has 3 rings (SSSR count). The Morgan fingerprint density at radius 1 is 1.21 bits per heavy atom. The molecule has 152 valence electrons. The average Bonchev–Trinajstić information content (AvgIpc) is 2.94. The van der Waals surface area contributed by atoms with Gasteiger partial charge < -0.3 is 19.9 Å². The molecule has 2 aliphatic rings. The molecule has 2 saturated heterocycles. The van der Waals surface area contributed by atoms with E-state index in [1.807, 2.05) is 4.90 Å². The van der Waals surface area contributed by atoms with Gasteiger partial charge >= 0.3 is 6.03 Å². The van der Waals surface area contributed by atoms with Gasteiger partial charge in [0.1, 0.15) is 5.54 Å². The molecule has 0 spiro atoms. The number of hydrogen-bond donors (Lipinski definition) is 2. The molecule has 2 heterocycles. The predicted molar refractivity (Wildman–Crippen MR) is 96.0 cm³/mol. The number of rotatable bonds is 5. The Hall–Kier alpha value is -2.91. The number of urea groups is 1. The van der Waals surface area contributed by atoms with Gasteiger partial charge in [0.2, 0.25) is 11.7 Å². The van der Waals surface area contributed by atoms with Gasteiger partial charge in [0.25, 0.3) is 5.91 Å². The topological polar surface area (TPSA) is 91.0 Å². The Labute approximate surface area is 160 Å². The van der Waals surface area contributed by atoms with E-state index in [1.165, 1.54) is 13.2 Å². The highest BCUT2D eigenvalue weighted by molar-refractivity contribution is 6.06. The van der Waals surface area contributed by atoms with Crippen molar-refractivity contribution in [1.82, 2.24) is 15.5 Å². The second-order valence-corrected chi connectivity index (χ2v) is 7.05. The van der Waals surface area contributed by atoms with Crippen molar-refractivity contribution in [3.63, 3.8) is 0 Å². The molecule has 2 N–H and O–H groups in total. The molecule has 28 heavy (non-hydrogen) atoms. The molecule has 2 aliphatic heterocycles.